The van der Waals surface area contributed by atoms with E-state index in [1.807, 2.05) is 0 Å². The van der Waals surface area contributed by atoms with Crippen LogP contribution in [0.2, 0.25) is 0 Å². The highest BCUT2D eigenvalue weighted by Crippen LogP contribution is 2.43. The van der Waals surface area contributed by atoms with E-state index in [1.54, 1.807) is 0 Å². The molecule has 54 heavy (non-hydrogen) atoms. The molecule has 3 atom stereocenters. The molecule has 0 radical (unpaired) electrons. The first-order chi connectivity index (χ1) is 25.7. The van der Waals surface area contributed by atoms with Crippen molar-refractivity contribution in [2.45, 2.75) is 232 Å². The molecule has 0 aromatic rings. The van der Waals surface area contributed by atoms with Crippen molar-refractivity contribution in [2.24, 2.45) is 0 Å². The molecule has 324 valence electrons. The third kappa shape index (κ3) is 40.6. The maximum absolute atomic E-state index is 12.6. The smallest absolute Gasteiger partial charge is 0.462 e. The number of aliphatic hydroxyl groups excluding tert-OH is 2. The van der Waals surface area contributed by atoms with E-state index in [1.165, 1.54) is 148 Å². The van der Waals surface area contributed by atoms with Crippen molar-refractivity contribution < 1.29 is 47.8 Å². The number of hydrogen-bond acceptors (Lipinski definition) is 10. The minimum absolute atomic E-state index is 0. The van der Waals surface area contributed by atoms with E-state index < -0.39 is 51.8 Å². The normalized spacial score (nSPS) is 13.6. The fourth-order valence-electron chi connectivity index (χ4n) is 6.35. The molecule has 0 rings (SSSR count). The first-order valence-electron chi connectivity index (χ1n) is 22.0. The van der Waals surface area contributed by atoms with Gasteiger partial charge in [0.25, 0.3) is 0 Å². The Morgan fingerprint density at radius 2 is 0.815 bits per heavy atom. The Kier molecular flexibility index (Phi) is 42.4. The first kappa shape index (κ1) is 55.0. The zero-order valence-corrected chi connectivity index (χ0v) is 35.9. The molecule has 0 amide bonds. The number of aliphatic hydroxyl groups is 2. The van der Waals surface area contributed by atoms with Gasteiger partial charge in [0.05, 0.1) is 19.8 Å². The number of carbonyl (C=O) groups excluding carboxylic acids is 2. The van der Waals surface area contributed by atoms with Gasteiger partial charge in [-0.25, -0.2) is 4.57 Å². The third-order valence-corrected chi connectivity index (χ3v) is 10.7. The second kappa shape index (κ2) is 41.6. The minimum atomic E-state index is -4.61. The summed E-state index contributed by atoms with van der Waals surface area (Å²) in [4.78, 5) is 35.0. The van der Waals surface area contributed by atoms with Crippen LogP contribution in [0.4, 0.5) is 0 Å². The van der Waals surface area contributed by atoms with Gasteiger partial charge in [0, 0.05) is 12.8 Å². The van der Waals surface area contributed by atoms with Crippen LogP contribution < -0.4 is 6.15 Å². The topological polar surface area (TPSA) is 184 Å². The number of ether oxygens (including phenoxy) is 2. The Morgan fingerprint density at radius 3 is 1.17 bits per heavy atom. The molecular formula is C42H86NO10P. The van der Waals surface area contributed by atoms with E-state index in [4.69, 9.17) is 23.6 Å². The van der Waals surface area contributed by atoms with Gasteiger partial charge in [0.2, 0.25) is 0 Å². The molecule has 0 aliphatic rings. The zero-order valence-electron chi connectivity index (χ0n) is 35.0. The molecule has 0 aromatic carbocycles. The molecule has 12 heteroatoms. The van der Waals surface area contributed by atoms with Crippen LogP contribution in [-0.2, 0) is 32.7 Å². The molecule has 0 fully saturated rings. The molecule has 0 aliphatic heterocycles. The van der Waals surface area contributed by atoms with Crippen molar-refractivity contribution in [3.63, 3.8) is 0 Å². The molecule has 3 unspecified atom stereocenters. The predicted octanol–water partition coefficient (Wildman–Crippen LogP) is 11.6. The van der Waals surface area contributed by atoms with Gasteiger partial charge >= 0.3 is 19.8 Å². The molecule has 0 aliphatic carbocycles. The van der Waals surface area contributed by atoms with E-state index in [-0.39, 0.29) is 25.6 Å². The van der Waals surface area contributed by atoms with Gasteiger partial charge in [-0.3, -0.25) is 18.6 Å². The summed E-state index contributed by atoms with van der Waals surface area (Å²) in [6.45, 7) is 2.42. The van der Waals surface area contributed by atoms with E-state index in [2.05, 4.69) is 13.8 Å². The molecule has 0 heterocycles. The Morgan fingerprint density at radius 1 is 0.500 bits per heavy atom. The SMILES string of the molecule is CCCCCCCCCCCCCCCCCC(=O)OCC(COP(=O)(O)OCC(O)CO)OC(=O)CCCCCCCCCCCCCCCCC.N. The fraction of sp³-hybridized carbons (Fsp3) is 0.952. The molecule has 0 saturated heterocycles. The van der Waals surface area contributed by atoms with Crippen molar-refractivity contribution in [3.8, 4) is 0 Å². The monoisotopic (exact) mass is 796 g/mol. The molecule has 11 nitrogen and oxygen atoms in total. The van der Waals surface area contributed by atoms with Crippen LogP contribution in [0.1, 0.15) is 219 Å². The minimum Gasteiger partial charge on any atom is -0.462 e. The second-order valence-corrected chi connectivity index (χ2v) is 16.5. The Hall–Kier alpha value is -1.07. The molecule has 0 bridgehead atoms. The number of phosphoric acid groups is 1. The highest BCUT2D eigenvalue weighted by Gasteiger charge is 2.27. The molecule has 0 spiro atoms. The predicted molar refractivity (Wildman–Crippen MR) is 220 cm³/mol. The number of rotatable bonds is 42. The summed E-state index contributed by atoms with van der Waals surface area (Å²) < 4.78 is 32.7. The van der Waals surface area contributed by atoms with E-state index in [9.17, 15) is 24.2 Å². The summed E-state index contributed by atoms with van der Waals surface area (Å²) in [6.07, 6.45) is 34.9. The van der Waals surface area contributed by atoms with Gasteiger partial charge in [-0.2, -0.15) is 0 Å². The summed E-state index contributed by atoms with van der Waals surface area (Å²) in [7, 11) is -4.61. The van der Waals surface area contributed by atoms with Crippen molar-refractivity contribution in [1.29, 1.82) is 0 Å². The van der Waals surface area contributed by atoms with Crippen molar-refractivity contribution in [3.05, 3.63) is 0 Å². The lowest BCUT2D eigenvalue weighted by molar-refractivity contribution is -0.161. The van der Waals surface area contributed by atoms with Crippen LogP contribution in [0.15, 0.2) is 0 Å². The largest absolute Gasteiger partial charge is 0.472 e. The van der Waals surface area contributed by atoms with Crippen LogP contribution >= 0.6 is 7.82 Å². The lowest BCUT2D eigenvalue weighted by atomic mass is 10.0. The second-order valence-electron chi connectivity index (χ2n) is 15.1. The van der Waals surface area contributed by atoms with Gasteiger partial charge in [-0.05, 0) is 12.8 Å². The zero-order chi connectivity index (χ0) is 39.1. The molecule has 0 saturated carbocycles. The molecule has 0 aromatic heterocycles. The highest BCUT2D eigenvalue weighted by molar-refractivity contribution is 7.47. The van der Waals surface area contributed by atoms with Gasteiger partial charge in [-0.1, -0.05) is 194 Å². The average molecular weight is 796 g/mol. The Labute approximate surface area is 331 Å². The van der Waals surface area contributed by atoms with Gasteiger partial charge in [0.1, 0.15) is 12.7 Å². The van der Waals surface area contributed by atoms with Crippen LogP contribution in [0, 0.1) is 0 Å². The summed E-state index contributed by atoms with van der Waals surface area (Å²) >= 11 is 0. The van der Waals surface area contributed by atoms with Crippen LogP contribution in [0.5, 0.6) is 0 Å². The highest BCUT2D eigenvalue weighted by atomic mass is 31.2. The van der Waals surface area contributed by atoms with Crippen molar-refractivity contribution in [1.82, 2.24) is 6.15 Å². The first-order valence-corrected chi connectivity index (χ1v) is 23.5. The number of hydrogen-bond donors (Lipinski definition) is 4. The summed E-state index contributed by atoms with van der Waals surface area (Å²) in [5.41, 5.74) is 0. The van der Waals surface area contributed by atoms with Crippen LogP contribution in [0.25, 0.3) is 0 Å². The lowest BCUT2D eigenvalue weighted by Crippen LogP contribution is -2.29. The van der Waals surface area contributed by atoms with Crippen LogP contribution in [0.3, 0.4) is 0 Å². The number of phosphoric ester groups is 1. The Balaban J connectivity index is 0. The third-order valence-electron chi connectivity index (χ3n) is 9.76. The summed E-state index contributed by atoms with van der Waals surface area (Å²) in [5.74, 6) is -0.909. The number of unbranched alkanes of at least 4 members (excludes halogenated alkanes) is 28. The van der Waals surface area contributed by atoms with Crippen molar-refractivity contribution >= 4 is 19.8 Å². The van der Waals surface area contributed by atoms with Gasteiger partial charge in [-0.15, -0.1) is 0 Å². The molecule has 6 N–H and O–H groups in total. The summed E-state index contributed by atoms with van der Waals surface area (Å²) in [6, 6.07) is 0. The lowest BCUT2D eigenvalue weighted by Gasteiger charge is -2.20. The van der Waals surface area contributed by atoms with Gasteiger partial charge in [0.15, 0.2) is 6.10 Å². The number of carbonyl (C=O) groups is 2. The van der Waals surface area contributed by atoms with Crippen molar-refractivity contribution in [2.75, 3.05) is 26.4 Å². The van der Waals surface area contributed by atoms with Gasteiger partial charge < -0.3 is 30.7 Å². The Bertz CT molecular complexity index is 865. The average Bonchev–Trinajstić information content (AvgIpc) is 3.14. The quantitative estimate of drug-likeness (QED) is 0.0262. The maximum atomic E-state index is 12.6. The number of esters is 2. The van der Waals surface area contributed by atoms with E-state index in [0.29, 0.717) is 12.8 Å². The summed E-state index contributed by atoms with van der Waals surface area (Å²) in [5, 5.41) is 18.3. The maximum Gasteiger partial charge on any atom is 0.472 e. The fourth-order valence-corrected chi connectivity index (χ4v) is 7.14. The molecular weight excluding hydrogens is 709 g/mol. The standard InChI is InChI=1S/C42H83O10P.H3N/c1-3-5-7-9-11-13-15-17-19-21-23-25-27-29-31-33-41(45)49-37-40(38-51-53(47,48)50-36-39(44)35-43)52-42(46)34-32-30-28-26-24-22-20-18-16-14-12-10-8-6-4-2;/h39-40,43-44H,3-38H2,1-2H3,(H,47,48);1H3. The van der Waals surface area contributed by atoms with Crippen LogP contribution in [-0.4, -0.2) is 65.7 Å². The van der Waals surface area contributed by atoms with E-state index >= 15 is 0 Å². The van der Waals surface area contributed by atoms with E-state index in [0.717, 1.165) is 32.1 Å².